The van der Waals surface area contributed by atoms with Crippen LogP contribution in [0.15, 0.2) is 39.3 Å². The molecule has 2 rings (SSSR count). The van der Waals surface area contributed by atoms with E-state index in [1.807, 2.05) is 37.3 Å². The van der Waals surface area contributed by atoms with Crippen LogP contribution in [0.1, 0.15) is 15.8 Å². The summed E-state index contributed by atoms with van der Waals surface area (Å²) in [5.74, 6) is -0.892. The van der Waals surface area contributed by atoms with E-state index in [0.29, 0.717) is 0 Å². The Kier molecular flexibility index (Phi) is 4.65. The van der Waals surface area contributed by atoms with Gasteiger partial charge in [-0.05, 0) is 53.2 Å². The number of nitrogens with one attached hydrogen (secondary N) is 1. The van der Waals surface area contributed by atoms with E-state index in [1.54, 1.807) is 0 Å². The van der Waals surface area contributed by atoms with E-state index in [1.165, 1.54) is 11.3 Å². The Bertz CT molecular complexity index is 576. The number of aliphatic carboxylic acids is 1. The molecule has 0 saturated carbocycles. The molecule has 1 aromatic heterocycles. The van der Waals surface area contributed by atoms with E-state index in [4.69, 9.17) is 0 Å². The summed E-state index contributed by atoms with van der Waals surface area (Å²) in [6.07, 6.45) is 0. The molecule has 1 aromatic carbocycles. The van der Waals surface area contributed by atoms with Crippen molar-refractivity contribution in [2.75, 3.05) is 5.32 Å². The Hall–Kier alpha value is -0.850. The molecule has 100 valence electrons. The second kappa shape index (κ2) is 6.07. The highest BCUT2D eigenvalue weighted by molar-refractivity contribution is 9.10. The third-order valence-electron chi connectivity index (χ3n) is 2.56. The maximum absolute atomic E-state index is 11.4. The minimum Gasteiger partial charge on any atom is -0.479 e. The molecule has 0 aliphatic rings. The molecule has 1 heterocycles. The highest BCUT2D eigenvalue weighted by Crippen LogP contribution is 2.32. The first-order chi connectivity index (χ1) is 8.97. The van der Waals surface area contributed by atoms with Gasteiger partial charge < -0.3 is 10.4 Å². The van der Waals surface area contributed by atoms with Crippen LogP contribution >= 0.6 is 43.2 Å². The van der Waals surface area contributed by atoms with Gasteiger partial charge in [0.25, 0.3) is 0 Å². The number of halogens is 2. The first-order valence-corrected chi connectivity index (χ1v) is 7.88. The van der Waals surface area contributed by atoms with Gasteiger partial charge >= 0.3 is 5.97 Å². The van der Waals surface area contributed by atoms with Crippen LogP contribution < -0.4 is 5.32 Å². The molecule has 0 spiro atoms. The molecule has 0 saturated heterocycles. The molecule has 0 aliphatic heterocycles. The number of thiophene rings is 1. The number of carboxylic acid groups (broad SMARTS) is 1. The molecule has 6 heteroatoms. The summed E-state index contributed by atoms with van der Waals surface area (Å²) in [7, 11) is 0. The number of hydrogen-bond acceptors (Lipinski definition) is 3. The SMILES string of the molecule is Cc1sc(C(Nc2ccc(Br)cc2)C(=O)O)cc1Br. The number of benzene rings is 1. The van der Waals surface area contributed by atoms with Gasteiger partial charge in [0.15, 0.2) is 6.04 Å². The molecule has 0 amide bonds. The zero-order chi connectivity index (χ0) is 14.0. The minimum absolute atomic E-state index is 0.740. The van der Waals surface area contributed by atoms with Crippen molar-refractivity contribution < 1.29 is 9.90 Å². The Morgan fingerprint density at radius 2 is 1.95 bits per heavy atom. The Labute approximate surface area is 131 Å². The van der Waals surface area contributed by atoms with Gasteiger partial charge in [0.05, 0.1) is 0 Å². The van der Waals surface area contributed by atoms with Crippen molar-refractivity contribution in [1.82, 2.24) is 0 Å². The van der Waals surface area contributed by atoms with Crippen LogP contribution in [0, 0.1) is 6.92 Å². The van der Waals surface area contributed by atoms with E-state index >= 15 is 0 Å². The summed E-state index contributed by atoms with van der Waals surface area (Å²) in [6, 6.07) is 8.54. The van der Waals surface area contributed by atoms with E-state index in [2.05, 4.69) is 37.2 Å². The number of carbonyl (C=O) groups is 1. The lowest BCUT2D eigenvalue weighted by Gasteiger charge is -2.14. The van der Waals surface area contributed by atoms with E-state index in [0.717, 1.165) is 24.4 Å². The molecule has 2 N–H and O–H groups in total. The summed E-state index contributed by atoms with van der Waals surface area (Å²) in [6.45, 7) is 1.96. The molecule has 0 fully saturated rings. The highest BCUT2D eigenvalue weighted by atomic mass is 79.9. The van der Waals surface area contributed by atoms with Crippen molar-refractivity contribution in [2.45, 2.75) is 13.0 Å². The number of anilines is 1. The molecule has 1 atom stereocenters. The number of rotatable bonds is 4. The fraction of sp³-hybridized carbons (Fsp3) is 0.154. The first-order valence-electron chi connectivity index (χ1n) is 5.48. The van der Waals surface area contributed by atoms with Crippen molar-refractivity contribution in [3.8, 4) is 0 Å². The molecular weight excluding hydrogens is 394 g/mol. The first kappa shape index (κ1) is 14.6. The largest absolute Gasteiger partial charge is 0.479 e. The third-order valence-corrected chi connectivity index (χ3v) is 5.29. The summed E-state index contributed by atoms with van der Waals surface area (Å²) in [4.78, 5) is 13.3. The topological polar surface area (TPSA) is 49.3 Å². The average molecular weight is 405 g/mol. The number of aryl methyl sites for hydroxylation is 1. The third kappa shape index (κ3) is 3.58. The second-order valence-corrected chi connectivity index (χ2v) is 7.03. The van der Waals surface area contributed by atoms with Gasteiger partial charge in [-0.1, -0.05) is 15.9 Å². The van der Waals surface area contributed by atoms with Crippen LogP contribution in [0.4, 0.5) is 5.69 Å². The van der Waals surface area contributed by atoms with Crippen LogP contribution in [-0.2, 0) is 4.79 Å². The normalized spacial score (nSPS) is 12.2. The minimum atomic E-state index is -0.892. The summed E-state index contributed by atoms with van der Waals surface area (Å²) in [5.41, 5.74) is 0.776. The van der Waals surface area contributed by atoms with Crippen molar-refractivity contribution >= 4 is 54.9 Å². The van der Waals surface area contributed by atoms with Crippen molar-refractivity contribution in [3.05, 3.63) is 49.0 Å². The van der Waals surface area contributed by atoms with E-state index < -0.39 is 12.0 Å². The average Bonchev–Trinajstić information content (AvgIpc) is 2.68. The molecule has 1 unspecified atom stereocenters. The smallest absolute Gasteiger partial charge is 0.331 e. The predicted octanol–water partition coefficient (Wildman–Crippen LogP) is 4.82. The van der Waals surface area contributed by atoms with Gasteiger partial charge in [-0.2, -0.15) is 0 Å². The van der Waals surface area contributed by atoms with Crippen LogP contribution in [-0.4, -0.2) is 11.1 Å². The molecular formula is C13H11Br2NO2S. The molecule has 0 radical (unpaired) electrons. The van der Waals surface area contributed by atoms with Gasteiger partial charge in [-0.3, -0.25) is 0 Å². The number of hydrogen-bond donors (Lipinski definition) is 2. The predicted molar refractivity (Wildman–Crippen MR) is 84.9 cm³/mol. The zero-order valence-electron chi connectivity index (χ0n) is 9.98. The molecule has 19 heavy (non-hydrogen) atoms. The van der Waals surface area contributed by atoms with Crippen molar-refractivity contribution in [1.29, 1.82) is 0 Å². The van der Waals surface area contributed by atoms with Gasteiger partial charge in [-0.25, -0.2) is 4.79 Å². The van der Waals surface area contributed by atoms with E-state index in [-0.39, 0.29) is 0 Å². The molecule has 0 bridgehead atoms. The summed E-state index contributed by atoms with van der Waals surface area (Å²) < 4.78 is 1.90. The molecule has 2 aromatic rings. The monoisotopic (exact) mass is 403 g/mol. The summed E-state index contributed by atoms with van der Waals surface area (Å²) >= 11 is 8.24. The Morgan fingerprint density at radius 3 is 2.42 bits per heavy atom. The lowest BCUT2D eigenvalue weighted by atomic mass is 10.2. The van der Waals surface area contributed by atoms with Gasteiger partial charge in [-0.15, -0.1) is 11.3 Å². The summed E-state index contributed by atoms with van der Waals surface area (Å²) in [5, 5.41) is 12.4. The maximum Gasteiger partial charge on any atom is 0.331 e. The second-order valence-electron chi connectivity index (χ2n) is 3.98. The standard InChI is InChI=1S/C13H11Br2NO2S/c1-7-10(15)6-11(19-7)12(13(17)18)16-9-4-2-8(14)3-5-9/h2-6,12,16H,1H3,(H,17,18). The van der Waals surface area contributed by atoms with Crippen molar-refractivity contribution in [3.63, 3.8) is 0 Å². The highest BCUT2D eigenvalue weighted by Gasteiger charge is 2.22. The fourth-order valence-electron chi connectivity index (χ4n) is 1.59. The van der Waals surface area contributed by atoms with Crippen LogP contribution in [0.2, 0.25) is 0 Å². The zero-order valence-corrected chi connectivity index (χ0v) is 14.0. The number of carboxylic acids is 1. The molecule has 3 nitrogen and oxygen atoms in total. The van der Waals surface area contributed by atoms with E-state index in [9.17, 15) is 9.90 Å². The van der Waals surface area contributed by atoms with Gasteiger partial charge in [0.1, 0.15) is 0 Å². The quantitative estimate of drug-likeness (QED) is 0.767. The van der Waals surface area contributed by atoms with Crippen LogP contribution in [0.5, 0.6) is 0 Å². The Morgan fingerprint density at radius 1 is 1.32 bits per heavy atom. The Balaban J connectivity index is 2.26. The van der Waals surface area contributed by atoms with Gasteiger partial charge in [0.2, 0.25) is 0 Å². The molecule has 0 aliphatic carbocycles. The lowest BCUT2D eigenvalue weighted by molar-refractivity contribution is -0.138. The van der Waals surface area contributed by atoms with Gasteiger partial charge in [0, 0.05) is 24.4 Å². The van der Waals surface area contributed by atoms with Crippen LogP contribution in [0.3, 0.4) is 0 Å². The fourth-order valence-corrected chi connectivity index (χ4v) is 3.46. The van der Waals surface area contributed by atoms with Crippen LogP contribution in [0.25, 0.3) is 0 Å². The lowest BCUT2D eigenvalue weighted by Crippen LogP contribution is -2.19. The van der Waals surface area contributed by atoms with Crippen molar-refractivity contribution in [2.24, 2.45) is 0 Å². The maximum atomic E-state index is 11.4.